The van der Waals surface area contributed by atoms with Gasteiger partial charge in [-0.25, -0.2) is 0 Å². The van der Waals surface area contributed by atoms with Gasteiger partial charge < -0.3 is 5.32 Å². The molecular weight excluding hydrogens is 273 g/mol. The quantitative estimate of drug-likeness (QED) is 0.939. The first-order chi connectivity index (χ1) is 8.47. The highest BCUT2D eigenvalue weighted by Gasteiger charge is 2.13. The first-order valence-corrected chi connectivity index (χ1v) is 6.22. The van der Waals surface area contributed by atoms with Crippen LogP contribution >= 0.6 is 23.2 Å². The molecule has 2 aromatic rings. The minimum Gasteiger partial charge on any atom is -0.350 e. The third kappa shape index (κ3) is 2.73. The predicted molar refractivity (Wildman–Crippen MR) is 72.6 cm³/mol. The van der Waals surface area contributed by atoms with Crippen molar-refractivity contribution in [3.63, 3.8) is 0 Å². The van der Waals surface area contributed by atoms with Gasteiger partial charge in [0.25, 0.3) is 0 Å². The zero-order valence-electron chi connectivity index (χ0n) is 10.3. The molecule has 0 atom stereocenters. The van der Waals surface area contributed by atoms with E-state index in [9.17, 15) is 0 Å². The molecule has 0 aliphatic heterocycles. The summed E-state index contributed by atoms with van der Waals surface area (Å²) < 4.78 is 1.75. The van der Waals surface area contributed by atoms with Gasteiger partial charge in [0, 0.05) is 19.3 Å². The van der Waals surface area contributed by atoms with Gasteiger partial charge in [-0.3, -0.25) is 4.68 Å². The van der Waals surface area contributed by atoms with E-state index in [0.717, 1.165) is 11.4 Å². The average Bonchev–Trinajstić information content (AvgIpc) is 2.65. The van der Waals surface area contributed by atoms with Crippen LogP contribution in [0.2, 0.25) is 10.3 Å². The highest BCUT2D eigenvalue weighted by Crippen LogP contribution is 2.29. The third-order valence-electron chi connectivity index (χ3n) is 2.39. The summed E-state index contributed by atoms with van der Waals surface area (Å²) in [5, 5.41) is 15.6. The Morgan fingerprint density at radius 3 is 2.61 bits per heavy atom. The zero-order chi connectivity index (χ0) is 13.3. The van der Waals surface area contributed by atoms with Crippen LogP contribution in [0.1, 0.15) is 25.5 Å². The van der Waals surface area contributed by atoms with E-state index >= 15 is 0 Å². The molecule has 0 aliphatic carbocycles. The molecule has 2 rings (SSSR count). The molecule has 0 amide bonds. The Morgan fingerprint density at radius 1 is 1.22 bits per heavy atom. The molecule has 0 aliphatic rings. The van der Waals surface area contributed by atoms with Crippen molar-refractivity contribution in [2.45, 2.75) is 19.8 Å². The fourth-order valence-corrected chi connectivity index (χ4v) is 1.90. The van der Waals surface area contributed by atoms with Gasteiger partial charge >= 0.3 is 0 Å². The van der Waals surface area contributed by atoms with E-state index in [0.29, 0.717) is 11.6 Å². The van der Waals surface area contributed by atoms with E-state index in [4.69, 9.17) is 23.2 Å². The SMILES string of the molecule is CC(C)c1nn(C)cc1Nc1cc(Cl)nnc1Cl. The first kappa shape index (κ1) is 13.1. The van der Waals surface area contributed by atoms with Crippen LogP contribution in [-0.4, -0.2) is 20.0 Å². The van der Waals surface area contributed by atoms with Crippen LogP contribution in [0.5, 0.6) is 0 Å². The normalized spacial score (nSPS) is 11.0. The minimum absolute atomic E-state index is 0.276. The smallest absolute Gasteiger partial charge is 0.175 e. The summed E-state index contributed by atoms with van der Waals surface area (Å²) in [6, 6.07) is 1.63. The Labute approximate surface area is 115 Å². The molecule has 96 valence electrons. The van der Waals surface area contributed by atoms with Crippen LogP contribution in [0.15, 0.2) is 12.3 Å². The van der Waals surface area contributed by atoms with Gasteiger partial charge in [0.2, 0.25) is 0 Å². The standard InChI is InChI=1S/C11H13Cl2N5/c1-6(2)10-8(5-18(3)17-10)14-7-4-9(12)15-16-11(7)13/h4-6H,1-3H3,(H,14,15). The number of rotatable bonds is 3. The van der Waals surface area contributed by atoms with Gasteiger partial charge in [0.15, 0.2) is 10.3 Å². The maximum atomic E-state index is 5.96. The van der Waals surface area contributed by atoms with Crippen LogP contribution in [0.25, 0.3) is 0 Å². The maximum Gasteiger partial charge on any atom is 0.175 e. The molecular formula is C11H13Cl2N5. The van der Waals surface area contributed by atoms with Crippen LogP contribution in [-0.2, 0) is 7.05 Å². The molecule has 0 fully saturated rings. The van der Waals surface area contributed by atoms with Gasteiger partial charge in [-0.05, 0) is 5.92 Å². The van der Waals surface area contributed by atoms with Crippen molar-refractivity contribution in [3.05, 3.63) is 28.3 Å². The second kappa shape index (κ2) is 5.12. The van der Waals surface area contributed by atoms with Crippen LogP contribution in [0.4, 0.5) is 11.4 Å². The number of aromatic nitrogens is 4. The van der Waals surface area contributed by atoms with Gasteiger partial charge in [-0.1, -0.05) is 37.0 Å². The third-order valence-corrected chi connectivity index (χ3v) is 2.86. The summed E-state index contributed by atoms with van der Waals surface area (Å²) in [7, 11) is 1.87. The second-order valence-corrected chi connectivity index (χ2v) is 5.00. The van der Waals surface area contributed by atoms with E-state index in [-0.39, 0.29) is 10.3 Å². The summed E-state index contributed by atoms with van der Waals surface area (Å²) in [6.45, 7) is 4.15. The fourth-order valence-electron chi connectivity index (χ4n) is 1.61. The molecule has 7 heteroatoms. The van der Waals surface area contributed by atoms with E-state index in [1.807, 2.05) is 13.2 Å². The van der Waals surface area contributed by atoms with Gasteiger partial charge in [0.05, 0.1) is 17.1 Å². The number of hydrogen-bond donors (Lipinski definition) is 1. The monoisotopic (exact) mass is 285 g/mol. The fraction of sp³-hybridized carbons (Fsp3) is 0.364. The molecule has 5 nitrogen and oxygen atoms in total. The molecule has 2 heterocycles. The highest BCUT2D eigenvalue weighted by molar-refractivity contribution is 6.33. The molecule has 0 saturated heterocycles. The minimum atomic E-state index is 0.276. The maximum absolute atomic E-state index is 5.96. The molecule has 18 heavy (non-hydrogen) atoms. The Bertz CT molecular complexity index is 565. The lowest BCUT2D eigenvalue weighted by atomic mass is 10.1. The largest absolute Gasteiger partial charge is 0.350 e. The average molecular weight is 286 g/mol. The summed E-state index contributed by atoms with van der Waals surface area (Å²) in [5.74, 6) is 0.303. The van der Waals surface area contributed by atoms with Crippen LogP contribution < -0.4 is 5.32 Å². The Morgan fingerprint density at radius 2 is 1.94 bits per heavy atom. The van der Waals surface area contributed by atoms with Crippen molar-refractivity contribution < 1.29 is 0 Å². The molecule has 0 unspecified atom stereocenters. The Hall–Kier alpha value is -1.33. The molecule has 0 bridgehead atoms. The summed E-state index contributed by atoms with van der Waals surface area (Å²) in [4.78, 5) is 0. The summed E-state index contributed by atoms with van der Waals surface area (Å²) in [5.41, 5.74) is 2.46. The molecule has 0 saturated carbocycles. The lowest BCUT2D eigenvalue weighted by molar-refractivity contribution is 0.713. The molecule has 0 aromatic carbocycles. The van der Waals surface area contributed by atoms with E-state index < -0.39 is 0 Å². The van der Waals surface area contributed by atoms with Crippen LogP contribution in [0.3, 0.4) is 0 Å². The van der Waals surface area contributed by atoms with Crippen molar-refractivity contribution >= 4 is 34.6 Å². The zero-order valence-corrected chi connectivity index (χ0v) is 11.8. The highest BCUT2D eigenvalue weighted by atomic mass is 35.5. The molecule has 2 aromatic heterocycles. The van der Waals surface area contributed by atoms with Crippen molar-refractivity contribution in [2.24, 2.45) is 7.05 Å². The molecule has 0 spiro atoms. The second-order valence-electron chi connectivity index (χ2n) is 4.25. The Kier molecular flexibility index (Phi) is 3.73. The van der Waals surface area contributed by atoms with E-state index in [2.05, 4.69) is 34.5 Å². The number of aryl methyl sites for hydroxylation is 1. The number of nitrogens with zero attached hydrogens (tertiary/aromatic N) is 4. The predicted octanol–water partition coefficient (Wildman–Crippen LogP) is 3.38. The topological polar surface area (TPSA) is 55.6 Å². The molecule has 0 radical (unpaired) electrons. The van der Waals surface area contributed by atoms with E-state index in [1.165, 1.54) is 0 Å². The van der Waals surface area contributed by atoms with Gasteiger partial charge in [-0.15, -0.1) is 10.2 Å². The number of hydrogen-bond acceptors (Lipinski definition) is 4. The van der Waals surface area contributed by atoms with Gasteiger partial charge in [0.1, 0.15) is 0 Å². The first-order valence-electron chi connectivity index (χ1n) is 5.46. The Balaban J connectivity index is 2.36. The van der Waals surface area contributed by atoms with Crippen LogP contribution in [0, 0.1) is 0 Å². The number of halogens is 2. The van der Waals surface area contributed by atoms with Crippen molar-refractivity contribution in [2.75, 3.05) is 5.32 Å². The summed E-state index contributed by atoms with van der Waals surface area (Å²) in [6.07, 6.45) is 1.89. The van der Waals surface area contributed by atoms with Crippen molar-refractivity contribution in [3.8, 4) is 0 Å². The number of nitrogens with one attached hydrogen (secondary N) is 1. The van der Waals surface area contributed by atoms with Crippen molar-refractivity contribution in [1.82, 2.24) is 20.0 Å². The number of anilines is 2. The lowest BCUT2D eigenvalue weighted by Crippen LogP contribution is -1.98. The van der Waals surface area contributed by atoms with E-state index in [1.54, 1.807) is 10.7 Å². The van der Waals surface area contributed by atoms with Crippen molar-refractivity contribution in [1.29, 1.82) is 0 Å². The van der Waals surface area contributed by atoms with Gasteiger partial charge in [-0.2, -0.15) is 5.10 Å². The summed E-state index contributed by atoms with van der Waals surface area (Å²) >= 11 is 11.8. The lowest BCUT2D eigenvalue weighted by Gasteiger charge is -2.09. The molecule has 1 N–H and O–H groups in total.